The van der Waals surface area contributed by atoms with Gasteiger partial charge in [0.1, 0.15) is 5.82 Å². The first-order valence-corrected chi connectivity index (χ1v) is 7.65. The van der Waals surface area contributed by atoms with Gasteiger partial charge in [-0.3, -0.25) is 4.79 Å². The van der Waals surface area contributed by atoms with Crippen molar-refractivity contribution >= 4 is 17.1 Å². The van der Waals surface area contributed by atoms with E-state index >= 15 is 0 Å². The fourth-order valence-electron chi connectivity index (χ4n) is 2.40. The number of aromatic amines is 1. The van der Waals surface area contributed by atoms with Crippen molar-refractivity contribution in [3.63, 3.8) is 0 Å². The van der Waals surface area contributed by atoms with E-state index in [1.54, 1.807) is 6.20 Å². The fraction of sp³-hybridized carbons (Fsp3) is 0.438. The Labute approximate surface area is 134 Å². The molecule has 0 bridgehead atoms. The van der Waals surface area contributed by atoms with E-state index < -0.39 is 0 Å². The number of nitrogens with one attached hydrogen (secondary N) is 2. The molecule has 0 radical (unpaired) electrons. The highest BCUT2D eigenvalue weighted by Crippen LogP contribution is 2.35. The second-order valence-corrected chi connectivity index (χ2v) is 5.54. The van der Waals surface area contributed by atoms with Crippen LogP contribution in [0.3, 0.4) is 0 Å². The molecular formula is C16H18N6O. The molecule has 23 heavy (non-hydrogen) atoms. The van der Waals surface area contributed by atoms with Crippen LogP contribution in [0.1, 0.15) is 31.5 Å². The van der Waals surface area contributed by atoms with Crippen LogP contribution < -0.4 is 5.32 Å². The number of imidazole rings is 1. The highest BCUT2D eigenvalue weighted by Gasteiger charge is 2.38. The van der Waals surface area contributed by atoms with E-state index in [1.165, 1.54) is 0 Å². The maximum absolute atomic E-state index is 11.9. The van der Waals surface area contributed by atoms with Gasteiger partial charge in [0.2, 0.25) is 5.91 Å². The van der Waals surface area contributed by atoms with Gasteiger partial charge in [0.15, 0.2) is 11.3 Å². The van der Waals surface area contributed by atoms with Crippen LogP contribution in [-0.2, 0) is 11.2 Å². The number of H-pyrrole nitrogens is 1. The number of fused-ring (bicyclic) bond motifs is 1. The van der Waals surface area contributed by atoms with Gasteiger partial charge in [-0.15, -0.1) is 12.3 Å². The van der Waals surface area contributed by atoms with E-state index in [4.69, 9.17) is 6.42 Å². The molecule has 1 aliphatic rings. The maximum Gasteiger partial charge on any atom is 0.220 e. The van der Waals surface area contributed by atoms with Crippen molar-refractivity contribution < 1.29 is 4.79 Å². The third kappa shape index (κ3) is 3.92. The van der Waals surface area contributed by atoms with Crippen LogP contribution in [0.2, 0.25) is 0 Å². The summed E-state index contributed by atoms with van der Waals surface area (Å²) in [5, 5.41) is 11.0. The Kier molecular flexibility index (Phi) is 4.33. The van der Waals surface area contributed by atoms with Crippen molar-refractivity contribution in [2.45, 2.75) is 37.8 Å². The Bertz CT molecular complexity index is 733. The first-order chi connectivity index (χ1) is 11.2. The average molecular weight is 310 g/mol. The average Bonchev–Trinajstić information content (AvgIpc) is 3.20. The molecule has 2 aromatic rings. The number of pyridine rings is 1. The van der Waals surface area contributed by atoms with E-state index in [0.29, 0.717) is 37.9 Å². The fourth-order valence-corrected chi connectivity index (χ4v) is 2.40. The summed E-state index contributed by atoms with van der Waals surface area (Å²) in [6.07, 6.45) is 9.99. The van der Waals surface area contributed by atoms with E-state index in [9.17, 15) is 4.79 Å². The maximum atomic E-state index is 11.9. The van der Waals surface area contributed by atoms with E-state index in [0.717, 1.165) is 17.8 Å². The quantitative estimate of drug-likeness (QED) is 0.730. The molecule has 0 spiro atoms. The summed E-state index contributed by atoms with van der Waals surface area (Å²) in [7, 11) is 0. The lowest BCUT2D eigenvalue weighted by Crippen LogP contribution is -2.28. The summed E-state index contributed by atoms with van der Waals surface area (Å²) in [6, 6.07) is 3.76. The molecule has 1 aliphatic heterocycles. The van der Waals surface area contributed by atoms with Gasteiger partial charge in [-0.1, -0.05) is 0 Å². The first-order valence-electron chi connectivity index (χ1n) is 7.65. The highest BCUT2D eigenvalue weighted by molar-refractivity contribution is 5.76. The molecule has 3 rings (SSSR count). The van der Waals surface area contributed by atoms with Crippen LogP contribution >= 0.6 is 0 Å². The first kappa shape index (κ1) is 15.2. The summed E-state index contributed by atoms with van der Waals surface area (Å²) in [5.74, 6) is 3.35. The number of aryl methyl sites for hydroxylation is 1. The Hall–Kier alpha value is -2.75. The van der Waals surface area contributed by atoms with Crippen molar-refractivity contribution in [1.29, 1.82) is 0 Å². The number of hydrogen-bond acceptors (Lipinski definition) is 5. The highest BCUT2D eigenvalue weighted by atomic mass is 16.1. The molecule has 0 unspecified atom stereocenters. The molecule has 1 amide bonds. The van der Waals surface area contributed by atoms with E-state index in [2.05, 4.69) is 36.4 Å². The standard InChI is InChI=1S/C16H18N6O/c1-2-3-8-16(21-22-16)9-11-17-14(23)7-6-13-19-12-5-4-10-18-15(12)20-13/h1,4-5,10H,3,6-9,11H2,(H,17,23)(H,18,19,20). The van der Waals surface area contributed by atoms with Gasteiger partial charge in [-0.25, -0.2) is 9.97 Å². The van der Waals surface area contributed by atoms with Gasteiger partial charge in [0, 0.05) is 44.8 Å². The van der Waals surface area contributed by atoms with Gasteiger partial charge in [-0.2, -0.15) is 10.2 Å². The normalized spacial score (nSPS) is 14.6. The van der Waals surface area contributed by atoms with Gasteiger partial charge in [-0.05, 0) is 12.1 Å². The summed E-state index contributed by atoms with van der Waals surface area (Å²) < 4.78 is 0. The van der Waals surface area contributed by atoms with E-state index in [-0.39, 0.29) is 11.6 Å². The Morgan fingerprint density at radius 1 is 1.39 bits per heavy atom. The number of terminal acetylenes is 1. The van der Waals surface area contributed by atoms with Gasteiger partial charge in [0.25, 0.3) is 0 Å². The number of carbonyl (C=O) groups is 1. The Morgan fingerprint density at radius 3 is 3.00 bits per heavy atom. The van der Waals surface area contributed by atoms with Crippen LogP contribution in [0.5, 0.6) is 0 Å². The Balaban J connectivity index is 1.39. The molecule has 7 nitrogen and oxygen atoms in total. The molecule has 0 aromatic carbocycles. The monoisotopic (exact) mass is 310 g/mol. The number of nitrogens with zero attached hydrogens (tertiary/aromatic N) is 4. The van der Waals surface area contributed by atoms with Crippen LogP contribution in [0, 0.1) is 12.3 Å². The SMILES string of the molecule is C#CCCC1(CCNC(=O)CCc2nc3ncccc3[nH]2)N=N1. The van der Waals surface area contributed by atoms with Gasteiger partial charge < -0.3 is 10.3 Å². The molecule has 2 N–H and O–H groups in total. The van der Waals surface area contributed by atoms with Crippen molar-refractivity contribution in [3.8, 4) is 12.3 Å². The van der Waals surface area contributed by atoms with Gasteiger partial charge in [0.05, 0.1) is 5.52 Å². The van der Waals surface area contributed by atoms with Crippen LogP contribution in [-0.4, -0.2) is 33.1 Å². The van der Waals surface area contributed by atoms with E-state index in [1.807, 2.05) is 12.1 Å². The molecule has 7 heteroatoms. The summed E-state index contributed by atoms with van der Waals surface area (Å²) in [5.41, 5.74) is 1.22. The lowest BCUT2D eigenvalue weighted by molar-refractivity contribution is -0.121. The zero-order valence-electron chi connectivity index (χ0n) is 12.7. The predicted molar refractivity (Wildman–Crippen MR) is 85.5 cm³/mol. The minimum atomic E-state index is -0.343. The molecule has 0 fully saturated rings. The molecule has 0 saturated heterocycles. The molecule has 0 saturated carbocycles. The molecule has 3 heterocycles. The summed E-state index contributed by atoms with van der Waals surface area (Å²) >= 11 is 0. The summed E-state index contributed by atoms with van der Waals surface area (Å²) in [6.45, 7) is 0.554. The van der Waals surface area contributed by atoms with Gasteiger partial charge >= 0.3 is 0 Å². The van der Waals surface area contributed by atoms with Crippen molar-refractivity contribution in [2.75, 3.05) is 6.54 Å². The number of rotatable bonds is 8. The number of hydrogen-bond donors (Lipinski definition) is 2. The molecule has 0 atom stereocenters. The van der Waals surface area contributed by atoms with Crippen LogP contribution in [0.25, 0.3) is 11.2 Å². The van der Waals surface area contributed by atoms with Crippen LogP contribution in [0.15, 0.2) is 28.6 Å². The lowest BCUT2D eigenvalue weighted by Gasteiger charge is -2.09. The Morgan fingerprint density at radius 2 is 2.26 bits per heavy atom. The second kappa shape index (κ2) is 6.57. The molecular weight excluding hydrogens is 292 g/mol. The smallest absolute Gasteiger partial charge is 0.220 e. The van der Waals surface area contributed by atoms with Crippen molar-refractivity contribution in [3.05, 3.63) is 24.2 Å². The third-order valence-electron chi connectivity index (χ3n) is 3.80. The number of amides is 1. The van der Waals surface area contributed by atoms with Crippen molar-refractivity contribution in [1.82, 2.24) is 20.3 Å². The predicted octanol–water partition coefficient (Wildman–Crippen LogP) is 1.97. The second-order valence-electron chi connectivity index (χ2n) is 5.54. The third-order valence-corrected chi connectivity index (χ3v) is 3.80. The summed E-state index contributed by atoms with van der Waals surface area (Å²) in [4.78, 5) is 23.6. The minimum Gasteiger partial charge on any atom is -0.356 e. The van der Waals surface area contributed by atoms with Crippen molar-refractivity contribution in [2.24, 2.45) is 10.2 Å². The molecule has 2 aromatic heterocycles. The van der Waals surface area contributed by atoms with Crippen LogP contribution in [0.4, 0.5) is 0 Å². The topological polar surface area (TPSA) is 95.4 Å². The largest absolute Gasteiger partial charge is 0.356 e. The minimum absolute atomic E-state index is 0.00818. The number of aromatic nitrogens is 3. The molecule has 118 valence electrons. The zero-order chi connectivity index (χ0) is 16.1. The zero-order valence-corrected chi connectivity index (χ0v) is 12.7. The number of carbonyl (C=O) groups excluding carboxylic acids is 1. The lowest BCUT2D eigenvalue weighted by atomic mass is 10.0. The molecule has 0 aliphatic carbocycles.